The van der Waals surface area contributed by atoms with Gasteiger partial charge >= 0.3 is 0 Å². The van der Waals surface area contributed by atoms with Crippen LogP contribution in [0.25, 0.3) is 0 Å². The number of piperidine rings is 1. The number of amides is 1. The number of carbonyl (C=O) groups is 1. The van der Waals surface area contributed by atoms with Crippen LogP contribution in [0.5, 0.6) is 0 Å². The van der Waals surface area contributed by atoms with E-state index in [-0.39, 0.29) is 12.5 Å². The Morgan fingerprint density at radius 2 is 1.94 bits per heavy atom. The Kier molecular flexibility index (Phi) is 4.37. The second-order valence-corrected chi connectivity index (χ2v) is 5.16. The highest BCUT2D eigenvalue weighted by Crippen LogP contribution is 2.25. The summed E-state index contributed by atoms with van der Waals surface area (Å²) in [6.45, 7) is 3.95. The minimum Gasteiger partial charge on any atom is -0.396 e. The van der Waals surface area contributed by atoms with Crippen molar-refractivity contribution in [3.8, 4) is 0 Å². The van der Waals surface area contributed by atoms with Gasteiger partial charge in [0.05, 0.1) is 0 Å². The number of likely N-dealkylation sites (tertiary alicyclic amines) is 1. The molecule has 0 aliphatic carbocycles. The van der Waals surface area contributed by atoms with E-state index in [0.717, 1.165) is 31.5 Å². The lowest BCUT2D eigenvalue weighted by atomic mass is 9.86. The molecule has 0 radical (unpaired) electrons. The molecule has 1 amide bonds. The van der Waals surface area contributed by atoms with Gasteiger partial charge in [0.15, 0.2) is 0 Å². The predicted molar refractivity (Wildman–Crippen MR) is 71.3 cm³/mol. The molecule has 1 unspecified atom stereocenters. The number of hydrogen-bond donors (Lipinski definition) is 1. The van der Waals surface area contributed by atoms with E-state index in [9.17, 15) is 4.79 Å². The third-order valence-corrected chi connectivity index (χ3v) is 3.94. The molecule has 18 heavy (non-hydrogen) atoms. The Morgan fingerprint density at radius 3 is 2.50 bits per heavy atom. The maximum Gasteiger partial charge on any atom is 0.253 e. The zero-order chi connectivity index (χ0) is 13.0. The summed E-state index contributed by atoms with van der Waals surface area (Å²) in [4.78, 5) is 14.1. The van der Waals surface area contributed by atoms with Gasteiger partial charge in [-0.2, -0.15) is 0 Å². The molecule has 1 heterocycles. The summed E-state index contributed by atoms with van der Waals surface area (Å²) < 4.78 is 0. The quantitative estimate of drug-likeness (QED) is 0.889. The van der Waals surface area contributed by atoms with E-state index in [4.69, 9.17) is 5.11 Å². The van der Waals surface area contributed by atoms with Crippen LogP contribution >= 0.6 is 0 Å². The van der Waals surface area contributed by atoms with Gasteiger partial charge in [0.25, 0.3) is 5.91 Å². The lowest BCUT2D eigenvalue weighted by Crippen LogP contribution is -2.40. The molecule has 1 fully saturated rings. The average molecular weight is 247 g/mol. The SMILES string of the molecule is CC(CO)C1CCN(C(=O)c2ccccc2)CC1. The van der Waals surface area contributed by atoms with E-state index in [1.165, 1.54) is 0 Å². The lowest BCUT2D eigenvalue weighted by Gasteiger charge is -2.34. The molecule has 1 aromatic carbocycles. The van der Waals surface area contributed by atoms with Gasteiger partial charge in [-0.25, -0.2) is 0 Å². The predicted octanol–water partition coefficient (Wildman–Crippen LogP) is 2.17. The van der Waals surface area contributed by atoms with Gasteiger partial charge in [0.1, 0.15) is 0 Å². The maximum absolute atomic E-state index is 12.2. The molecule has 0 aromatic heterocycles. The topological polar surface area (TPSA) is 40.5 Å². The fraction of sp³-hybridized carbons (Fsp3) is 0.533. The largest absolute Gasteiger partial charge is 0.396 e. The number of carbonyl (C=O) groups excluding carboxylic acids is 1. The first-order chi connectivity index (χ1) is 8.72. The minimum absolute atomic E-state index is 0.130. The van der Waals surface area contributed by atoms with Crippen molar-refractivity contribution in [3.05, 3.63) is 35.9 Å². The minimum atomic E-state index is 0.130. The van der Waals surface area contributed by atoms with Gasteiger partial charge in [-0.1, -0.05) is 25.1 Å². The van der Waals surface area contributed by atoms with Crippen LogP contribution in [0.2, 0.25) is 0 Å². The van der Waals surface area contributed by atoms with Gasteiger partial charge in [0.2, 0.25) is 0 Å². The molecule has 0 saturated carbocycles. The normalized spacial score (nSPS) is 18.7. The van der Waals surface area contributed by atoms with Crippen LogP contribution in [-0.4, -0.2) is 35.6 Å². The van der Waals surface area contributed by atoms with Crippen molar-refractivity contribution in [1.29, 1.82) is 0 Å². The Morgan fingerprint density at radius 1 is 1.33 bits per heavy atom. The summed E-state index contributed by atoms with van der Waals surface area (Å²) in [5.74, 6) is 1.03. The maximum atomic E-state index is 12.2. The molecule has 1 aromatic rings. The number of rotatable bonds is 3. The number of aliphatic hydroxyl groups is 1. The van der Waals surface area contributed by atoms with Crippen molar-refractivity contribution in [2.45, 2.75) is 19.8 Å². The average Bonchev–Trinajstić information content (AvgIpc) is 2.47. The molecule has 2 rings (SSSR count). The Hall–Kier alpha value is -1.35. The first kappa shape index (κ1) is 13.1. The third kappa shape index (κ3) is 2.91. The van der Waals surface area contributed by atoms with Crippen molar-refractivity contribution in [1.82, 2.24) is 4.90 Å². The highest BCUT2D eigenvalue weighted by Gasteiger charge is 2.26. The summed E-state index contributed by atoms with van der Waals surface area (Å²) in [5, 5.41) is 9.16. The Labute approximate surface area is 108 Å². The highest BCUT2D eigenvalue weighted by atomic mass is 16.3. The molecule has 1 N–H and O–H groups in total. The molecule has 0 bridgehead atoms. The lowest BCUT2D eigenvalue weighted by molar-refractivity contribution is 0.0632. The van der Waals surface area contributed by atoms with E-state index in [1.807, 2.05) is 35.2 Å². The highest BCUT2D eigenvalue weighted by molar-refractivity contribution is 5.94. The zero-order valence-electron chi connectivity index (χ0n) is 10.9. The monoisotopic (exact) mass is 247 g/mol. The number of nitrogens with zero attached hydrogens (tertiary/aromatic N) is 1. The number of hydrogen-bond acceptors (Lipinski definition) is 2. The van der Waals surface area contributed by atoms with Gasteiger partial charge in [0, 0.05) is 25.3 Å². The third-order valence-electron chi connectivity index (χ3n) is 3.94. The van der Waals surface area contributed by atoms with E-state index in [2.05, 4.69) is 6.92 Å². The first-order valence-electron chi connectivity index (χ1n) is 6.67. The van der Waals surface area contributed by atoms with Crippen LogP contribution in [0.15, 0.2) is 30.3 Å². The first-order valence-corrected chi connectivity index (χ1v) is 6.67. The molecule has 98 valence electrons. The fourth-order valence-electron chi connectivity index (χ4n) is 2.58. The number of aliphatic hydroxyl groups excluding tert-OH is 1. The number of benzene rings is 1. The van der Waals surface area contributed by atoms with Crippen LogP contribution in [-0.2, 0) is 0 Å². The Bertz CT molecular complexity index is 383. The summed E-state index contributed by atoms with van der Waals surface area (Å²) in [6, 6.07) is 9.45. The molecule has 1 atom stereocenters. The van der Waals surface area contributed by atoms with E-state index >= 15 is 0 Å². The molecule has 3 heteroatoms. The van der Waals surface area contributed by atoms with Crippen LogP contribution in [0, 0.1) is 11.8 Å². The van der Waals surface area contributed by atoms with Crippen molar-refractivity contribution in [3.63, 3.8) is 0 Å². The molecule has 0 spiro atoms. The van der Waals surface area contributed by atoms with Gasteiger partial charge in [-0.05, 0) is 36.8 Å². The molecule has 1 saturated heterocycles. The molecular formula is C15H21NO2. The summed E-state index contributed by atoms with van der Waals surface area (Å²) in [5.41, 5.74) is 0.770. The van der Waals surface area contributed by atoms with Crippen LogP contribution in [0.4, 0.5) is 0 Å². The van der Waals surface area contributed by atoms with E-state index in [0.29, 0.717) is 11.8 Å². The Balaban J connectivity index is 1.92. The van der Waals surface area contributed by atoms with Crippen LogP contribution in [0.1, 0.15) is 30.1 Å². The van der Waals surface area contributed by atoms with Gasteiger partial charge in [-0.3, -0.25) is 4.79 Å². The molecule has 3 nitrogen and oxygen atoms in total. The molecular weight excluding hydrogens is 226 g/mol. The molecule has 1 aliphatic heterocycles. The standard InChI is InChI=1S/C15H21NO2/c1-12(11-17)13-7-9-16(10-8-13)15(18)14-5-3-2-4-6-14/h2-6,12-13,17H,7-11H2,1H3. The summed E-state index contributed by atoms with van der Waals surface area (Å²) in [7, 11) is 0. The van der Waals surface area contributed by atoms with Gasteiger partial charge in [-0.15, -0.1) is 0 Å². The van der Waals surface area contributed by atoms with Gasteiger partial charge < -0.3 is 10.0 Å². The van der Waals surface area contributed by atoms with Crippen LogP contribution in [0.3, 0.4) is 0 Å². The smallest absolute Gasteiger partial charge is 0.253 e. The van der Waals surface area contributed by atoms with Crippen molar-refractivity contribution >= 4 is 5.91 Å². The van der Waals surface area contributed by atoms with Crippen molar-refractivity contribution in [2.75, 3.05) is 19.7 Å². The van der Waals surface area contributed by atoms with E-state index < -0.39 is 0 Å². The van der Waals surface area contributed by atoms with E-state index in [1.54, 1.807) is 0 Å². The second-order valence-electron chi connectivity index (χ2n) is 5.16. The summed E-state index contributed by atoms with van der Waals surface area (Å²) >= 11 is 0. The fourth-order valence-corrected chi connectivity index (χ4v) is 2.58. The van der Waals surface area contributed by atoms with Crippen LogP contribution < -0.4 is 0 Å². The zero-order valence-corrected chi connectivity index (χ0v) is 10.9. The second kappa shape index (κ2) is 6.01. The summed E-state index contributed by atoms with van der Waals surface area (Å²) in [6.07, 6.45) is 2.00. The van der Waals surface area contributed by atoms with Crippen molar-refractivity contribution in [2.24, 2.45) is 11.8 Å². The molecule has 1 aliphatic rings. The van der Waals surface area contributed by atoms with Crippen molar-refractivity contribution < 1.29 is 9.90 Å².